The zero-order chi connectivity index (χ0) is 14.0. The summed E-state index contributed by atoms with van der Waals surface area (Å²) in [5.74, 6) is -0.734. The zero-order valence-corrected chi connectivity index (χ0v) is 11.5. The first-order valence-corrected chi connectivity index (χ1v) is 7.56. The standard InChI is InChI=1S/C13H15FN2O2S/c1-10-3-6-13(12(14)9-10)19(17,18)16(8-2-7-15)11-4-5-11/h3,6,9,11H,2,4-5,8H2,1H3. The van der Waals surface area contributed by atoms with Gasteiger partial charge in [-0.25, -0.2) is 12.8 Å². The van der Waals surface area contributed by atoms with Gasteiger partial charge in [0, 0.05) is 19.0 Å². The molecule has 1 aliphatic rings. The van der Waals surface area contributed by atoms with Crippen LogP contribution in [0.5, 0.6) is 0 Å². The normalized spacial score (nSPS) is 15.5. The molecular formula is C13H15FN2O2S. The Kier molecular flexibility index (Phi) is 3.88. The molecule has 0 unspecified atom stereocenters. The predicted molar refractivity (Wildman–Crippen MR) is 68.3 cm³/mol. The Bertz CT molecular complexity index is 618. The van der Waals surface area contributed by atoms with E-state index in [0.29, 0.717) is 5.56 Å². The molecule has 0 heterocycles. The van der Waals surface area contributed by atoms with E-state index in [0.717, 1.165) is 12.8 Å². The summed E-state index contributed by atoms with van der Waals surface area (Å²) in [7, 11) is -3.85. The summed E-state index contributed by atoms with van der Waals surface area (Å²) >= 11 is 0. The number of sulfonamides is 1. The molecule has 0 spiro atoms. The summed E-state index contributed by atoms with van der Waals surface area (Å²) in [5, 5.41) is 8.60. The summed E-state index contributed by atoms with van der Waals surface area (Å²) in [5.41, 5.74) is 0.673. The van der Waals surface area contributed by atoms with Crippen LogP contribution in [0.2, 0.25) is 0 Å². The lowest BCUT2D eigenvalue weighted by molar-refractivity contribution is 0.407. The van der Waals surface area contributed by atoms with Crippen LogP contribution >= 0.6 is 0 Å². The number of halogens is 1. The van der Waals surface area contributed by atoms with Gasteiger partial charge in [-0.15, -0.1) is 0 Å². The minimum absolute atomic E-state index is 0.0842. The van der Waals surface area contributed by atoms with E-state index in [1.54, 1.807) is 13.0 Å². The minimum atomic E-state index is -3.85. The molecule has 1 saturated carbocycles. The third-order valence-electron chi connectivity index (χ3n) is 3.07. The molecule has 0 atom stereocenters. The molecule has 102 valence electrons. The predicted octanol–water partition coefficient (Wildman–Crippen LogP) is 2.20. The van der Waals surface area contributed by atoms with Gasteiger partial charge in [0.05, 0.1) is 6.07 Å². The molecule has 0 N–H and O–H groups in total. The molecule has 2 rings (SSSR count). The SMILES string of the molecule is Cc1ccc(S(=O)(=O)N(CCC#N)C2CC2)c(F)c1. The van der Waals surface area contributed by atoms with Gasteiger partial charge in [-0.2, -0.15) is 9.57 Å². The molecule has 19 heavy (non-hydrogen) atoms. The molecule has 1 fully saturated rings. The molecule has 0 amide bonds. The van der Waals surface area contributed by atoms with Crippen LogP contribution in [-0.4, -0.2) is 25.3 Å². The fourth-order valence-electron chi connectivity index (χ4n) is 1.96. The molecule has 6 heteroatoms. The van der Waals surface area contributed by atoms with Crippen molar-refractivity contribution in [2.45, 2.75) is 37.1 Å². The van der Waals surface area contributed by atoms with E-state index in [9.17, 15) is 12.8 Å². The maximum absolute atomic E-state index is 13.8. The highest BCUT2D eigenvalue weighted by Gasteiger charge is 2.38. The minimum Gasteiger partial charge on any atom is -0.207 e. The molecule has 1 aromatic carbocycles. The molecule has 0 aliphatic heterocycles. The number of rotatable bonds is 5. The van der Waals surface area contributed by atoms with Crippen LogP contribution < -0.4 is 0 Å². The smallest absolute Gasteiger partial charge is 0.207 e. The van der Waals surface area contributed by atoms with Crippen LogP contribution in [0.25, 0.3) is 0 Å². The lowest BCUT2D eigenvalue weighted by atomic mass is 10.2. The van der Waals surface area contributed by atoms with Crippen LogP contribution in [0.15, 0.2) is 23.1 Å². The Hall–Kier alpha value is -1.45. The van der Waals surface area contributed by atoms with Gasteiger partial charge in [0.15, 0.2) is 0 Å². The van der Waals surface area contributed by atoms with Crippen molar-refractivity contribution in [1.82, 2.24) is 4.31 Å². The van der Waals surface area contributed by atoms with Gasteiger partial charge in [0.1, 0.15) is 10.7 Å². The van der Waals surface area contributed by atoms with E-state index in [4.69, 9.17) is 5.26 Å². The second-order valence-corrected chi connectivity index (χ2v) is 6.55. The van der Waals surface area contributed by atoms with Gasteiger partial charge < -0.3 is 0 Å². The lowest BCUT2D eigenvalue weighted by Gasteiger charge is -2.21. The van der Waals surface area contributed by atoms with E-state index in [-0.39, 0.29) is 23.9 Å². The third kappa shape index (κ3) is 2.94. The Morgan fingerprint density at radius 3 is 2.68 bits per heavy atom. The van der Waals surface area contributed by atoms with Crippen LogP contribution in [0.4, 0.5) is 4.39 Å². The molecule has 0 aromatic heterocycles. The fourth-order valence-corrected chi connectivity index (χ4v) is 3.70. The number of hydrogen-bond donors (Lipinski definition) is 0. The Labute approximate surface area is 112 Å². The Morgan fingerprint density at radius 2 is 2.16 bits per heavy atom. The van der Waals surface area contributed by atoms with E-state index >= 15 is 0 Å². The number of nitriles is 1. The first kappa shape index (κ1) is 14.0. The van der Waals surface area contributed by atoms with Gasteiger partial charge in [0.25, 0.3) is 0 Å². The van der Waals surface area contributed by atoms with Crippen molar-refractivity contribution in [2.75, 3.05) is 6.54 Å². The summed E-state index contributed by atoms with van der Waals surface area (Å²) in [4.78, 5) is -0.303. The number of nitrogens with zero attached hydrogens (tertiary/aromatic N) is 2. The maximum atomic E-state index is 13.8. The molecule has 0 bridgehead atoms. The molecule has 4 nitrogen and oxygen atoms in total. The quantitative estimate of drug-likeness (QED) is 0.831. The van der Waals surface area contributed by atoms with Gasteiger partial charge in [0.2, 0.25) is 10.0 Å². The topological polar surface area (TPSA) is 61.2 Å². The van der Waals surface area contributed by atoms with Crippen molar-refractivity contribution in [3.63, 3.8) is 0 Å². The lowest BCUT2D eigenvalue weighted by Crippen LogP contribution is -2.34. The first-order valence-electron chi connectivity index (χ1n) is 6.12. The molecule has 0 saturated heterocycles. The molecule has 0 radical (unpaired) electrons. The number of aryl methyl sites for hydroxylation is 1. The molecule has 1 aromatic rings. The van der Waals surface area contributed by atoms with Crippen LogP contribution in [0, 0.1) is 24.1 Å². The highest BCUT2D eigenvalue weighted by atomic mass is 32.2. The van der Waals surface area contributed by atoms with E-state index in [1.165, 1.54) is 16.4 Å². The third-order valence-corrected chi connectivity index (χ3v) is 5.06. The van der Waals surface area contributed by atoms with Crippen molar-refractivity contribution >= 4 is 10.0 Å². The van der Waals surface area contributed by atoms with Crippen molar-refractivity contribution in [3.05, 3.63) is 29.6 Å². The maximum Gasteiger partial charge on any atom is 0.246 e. The zero-order valence-electron chi connectivity index (χ0n) is 10.6. The van der Waals surface area contributed by atoms with Crippen molar-refractivity contribution in [1.29, 1.82) is 5.26 Å². The van der Waals surface area contributed by atoms with Crippen LogP contribution in [-0.2, 0) is 10.0 Å². The van der Waals surface area contributed by atoms with Gasteiger partial charge in [-0.3, -0.25) is 0 Å². The monoisotopic (exact) mass is 282 g/mol. The van der Waals surface area contributed by atoms with Crippen molar-refractivity contribution in [3.8, 4) is 6.07 Å². The fraction of sp³-hybridized carbons (Fsp3) is 0.462. The summed E-state index contributed by atoms with van der Waals surface area (Å²) in [6, 6.07) is 5.92. The average molecular weight is 282 g/mol. The molecular weight excluding hydrogens is 267 g/mol. The second kappa shape index (κ2) is 5.27. The molecule has 1 aliphatic carbocycles. The Morgan fingerprint density at radius 1 is 1.47 bits per heavy atom. The van der Waals surface area contributed by atoms with Crippen LogP contribution in [0.3, 0.4) is 0 Å². The summed E-state index contributed by atoms with van der Waals surface area (Å²) in [6.45, 7) is 1.82. The second-order valence-electron chi connectivity index (χ2n) is 4.69. The number of benzene rings is 1. The largest absolute Gasteiger partial charge is 0.246 e. The highest BCUT2D eigenvalue weighted by molar-refractivity contribution is 7.89. The van der Waals surface area contributed by atoms with E-state index in [2.05, 4.69) is 0 Å². The van der Waals surface area contributed by atoms with E-state index < -0.39 is 15.8 Å². The van der Waals surface area contributed by atoms with Crippen molar-refractivity contribution < 1.29 is 12.8 Å². The van der Waals surface area contributed by atoms with Gasteiger partial charge >= 0.3 is 0 Å². The Balaban J connectivity index is 2.36. The average Bonchev–Trinajstić information content (AvgIpc) is 3.13. The summed E-state index contributed by atoms with van der Waals surface area (Å²) in [6.07, 6.45) is 1.67. The van der Waals surface area contributed by atoms with Gasteiger partial charge in [-0.05, 0) is 37.5 Å². The highest BCUT2D eigenvalue weighted by Crippen LogP contribution is 2.32. The number of hydrogen-bond acceptors (Lipinski definition) is 3. The first-order chi connectivity index (χ1) is 8.96. The summed E-state index contributed by atoms with van der Waals surface area (Å²) < 4.78 is 40.0. The van der Waals surface area contributed by atoms with Crippen LogP contribution in [0.1, 0.15) is 24.8 Å². The van der Waals surface area contributed by atoms with Gasteiger partial charge in [-0.1, -0.05) is 6.07 Å². The van der Waals surface area contributed by atoms with Crippen molar-refractivity contribution in [2.24, 2.45) is 0 Å². The van der Waals surface area contributed by atoms with E-state index in [1.807, 2.05) is 6.07 Å².